The molecule has 1 atom stereocenters. The predicted octanol–water partition coefficient (Wildman–Crippen LogP) is 3.13. The minimum atomic E-state index is -0.458. The van der Waals surface area contributed by atoms with Crippen LogP contribution in [0.1, 0.15) is 13.3 Å². The summed E-state index contributed by atoms with van der Waals surface area (Å²) in [6.07, 6.45) is 5.24. The van der Waals surface area contributed by atoms with Crippen molar-refractivity contribution >= 4 is 27.3 Å². The number of anilines is 1. The van der Waals surface area contributed by atoms with Crippen LogP contribution in [0.4, 0.5) is 11.4 Å². The molecule has 1 unspecified atom stereocenters. The molecule has 16 heavy (non-hydrogen) atoms. The van der Waals surface area contributed by atoms with Gasteiger partial charge in [-0.25, -0.2) is 0 Å². The van der Waals surface area contributed by atoms with E-state index in [1.165, 1.54) is 12.4 Å². The van der Waals surface area contributed by atoms with Gasteiger partial charge in [-0.05, 0) is 29.3 Å². The van der Waals surface area contributed by atoms with Gasteiger partial charge in [-0.1, -0.05) is 6.08 Å². The van der Waals surface area contributed by atoms with Gasteiger partial charge in [0.05, 0.1) is 9.40 Å². The highest BCUT2D eigenvalue weighted by atomic mass is 79.9. The minimum absolute atomic E-state index is 0.0368. The van der Waals surface area contributed by atoms with Gasteiger partial charge in [-0.3, -0.25) is 15.1 Å². The Morgan fingerprint density at radius 3 is 3.00 bits per heavy atom. The highest BCUT2D eigenvalue weighted by molar-refractivity contribution is 9.10. The minimum Gasteiger partial charge on any atom is -0.376 e. The zero-order valence-electron chi connectivity index (χ0n) is 8.81. The Kier molecular flexibility index (Phi) is 4.42. The van der Waals surface area contributed by atoms with E-state index in [9.17, 15) is 10.1 Å². The third-order valence-corrected chi connectivity index (χ3v) is 2.59. The summed E-state index contributed by atoms with van der Waals surface area (Å²) >= 11 is 3.24. The zero-order valence-corrected chi connectivity index (χ0v) is 10.4. The first-order chi connectivity index (χ1) is 7.56. The molecule has 0 spiro atoms. The summed E-state index contributed by atoms with van der Waals surface area (Å²) in [4.78, 5) is 14.1. The van der Waals surface area contributed by atoms with Gasteiger partial charge in [0.1, 0.15) is 11.9 Å². The van der Waals surface area contributed by atoms with Crippen LogP contribution in [0, 0.1) is 10.1 Å². The van der Waals surface area contributed by atoms with E-state index < -0.39 is 4.92 Å². The van der Waals surface area contributed by atoms with E-state index in [-0.39, 0.29) is 11.7 Å². The van der Waals surface area contributed by atoms with Crippen molar-refractivity contribution in [2.24, 2.45) is 0 Å². The summed E-state index contributed by atoms with van der Waals surface area (Å²) in [5.41, 5.74) is 0.416. The molecule has 0 aliphatic rings. The van der Waals surface area contributed by atoms with Gasteiger partial charge in [0.15, 0.2) is 0 Å². The quantitative estimate of drug-likeness (QED) is 0.513. The fraction of sp³-hybridized carbons (Fsp3) is 0.300. The number of nitrogens with zero attached hydrogens (tertiary/aromatic N) is 2. The molecule has 0 radical (unpaired) electrons. The van der Waals surface area contributed by atoms with Crippen LogP contribution >= 0.6 is 15.9 Å². The van der Waals surface area contributed by atoms with E-state index in [2.05, 4.69) is 32.8 Å². The van der Waals surface area contributed by atoms with Crippen molar-refractivity contribution in [3.05, 3.63) is 39.6 Å². The average Bonchev–Trinajstić information content (AvgIpc) is 2.21. The first-order valence-corrected chi connectivity index (χ1v) is 5.51. The molecule has 0 aromatic carbocycles. The normalized spacial score (nSPS) is 11.9. The summed E-state index contributed by atoms with van der Waals surface area (Å²) in [5, 5.41) is 13.9. The standard InChI is InChI=1S/C10H12BrN3O2/c1-3-4-7(2)13-10-8(11)5-12-6-9(10)14(15)16/h3,5-7H,1,4H2,2H3,(H,12,13). The van der Waals surface area contributed by atoms with Crippen LogP contribution in [0.5, 0.6) is 0 Å². The van der Waals surface area contributed by atoms with Gasteiger partial charge < -0.3 is 5.32 Å². The molecule has 86 valence electrons. The first-order valence-electron chi connectivity index (χ1n) is 4.71. The molecule has 1 N–H and O–H groups in total. The molecular weight excluding hydrogens is 274 g/mol. The van der Waals surface area contributed by atoms with Crippen LogP contribution in [0.2, 0.25) is 0 Å². The number of nitro groups is 1. The SMILES string of the molecule is C=CCC(C)Nc1c(Br)cncc1[N+](=O)[O-]. The Labute approximate surface area is 102 Å². The van der Waals surface area contributed by atoms with E-state index in [1.807, 2.05) is 6.92 Å². The Hall–Kier alpha value is -1.43. The van der Waals surface area contributed by atoms with Crippen molar-refractivity contribution in [2.45, 2.75) is 19.4 Å². The van der Waals surface area contributed by atoms with E-state index in [0.29, 0.717) is 10.2 Å². The number of pyridine rings is 1. The largest absolute Gasteiger partial charge is 0.376 e. The lowest BCUT2D eigenvalue weighted by atomic mass is 10.2. The van der Waals surface area contributed by atoms with E-state index in [4.69, 9.17) is 0 Å². The van der Waals surface area contributed by atoms with Crippen LogP contribution in [0.3, 0.4) is 0 Å². The number of aromatic nitrogens is 1. The van der Waals surface area contributed by atoms with Crippen molar-refractivity contribution < 1.29 is 4.92 Å². The predicted molar refractivity (Wildman–Crippen MR) is 66.5 cm³/mol. The summed E-state index contributed by atoms with van der Waals surface area (Å²) in [7, 11) is 0. The number of rotatable bonds is 5. The van der Waals surface area contributed by atoms with Crippen molar-refractivity contribution in [2.75, 3.05) is 5.32 Å². The topological polar surface area (TPSA) is 68.1 Å². The molecular formula is C10H12BrN3O2. The molecule has 1 heterocycles. The zero-order chi connectivity index (χ0) is 12.1. The monoisotopic (exact) mass is 285 g/mol. The fourth-order valence-corrected chi connectivity index (χ4v) is 1.70. The van der Waals surface area contributed by atoms with Gasteiger partial charge in [-0.2, -0.15) is 0 Å². The van der Waals surface area contributed by atoms with Crippen LogP contribution in [-0.4, -0.2) is 15.9 Å². The van der Waals surface area contributed by atoms with Crippen LogP contribution in [-0.2, 0) is 0 Å². The second-order valence-electron chi connectivity index (χ2n) is 3.34. The summed E-state index contributed by atoms with van der Waals surface area (Å²) in [6.45, 7) is 5.55. The van der Waals surface area contributed by atoms with Crippen LogP contribution in [0.25, 0.3) is 0 Å². The second kappa shape index (κ2) is 5.60. The van der Waals surface area contributed by atoms with Crippen molar-refractivity contribution in [1.29, 1.82) is 0 Å². The molecule has 1 aromatic rings. The van der Waals surface area contributed by atoms with Crippen LogP contribution in [0.15, 0.2) is 29.5 Å². The lowest BCUT2D eigenvalue weighted by Crippen LogP contribution is -2.15. The molecule has 6 heteroatoms. The summed E-state index contributed by atoms with van der Waals surface area (Å²) in [5.74, 6) is 0. The maximum atomic E-state index is 10.8. The maximum Gasteiger partial charge on any atom is 0.311 e. The van der Waals surface area contributed by atoms with Crippen molar-refractivity contribution in [3.63, 3.8) is 0 Å². The molecule has 5 nitrogen and oxygen atoms in total. The number of halogens is 1. The van der Waals surface area contributed by atoms with Gasteiger partial charge >= 0.3 is 5.69 Å². The Morgan fingerprint density at radius 2 is 2.44 bits per heavy atom. The molecule has 0 amide bonds. The Morgan fingerprint density at radius 1 is 1.75 bits per heavy atom. The number of nitrogens with one attached hydrogen (secondary N) is 1. The van der Waals surface area contributed by atoms with Gasteiger partial charge in [0.2, 0.25) is 0 Å². The Balaban J connectivity index is 3.01. The van der Waals surface area contributed by atoms with Crippen LogP contribution < -0.4 is 5.32 Å². The lowest BCUT2D eigenvalue weighted by molar-refractivity contribution is -0.384. The molecule has 0 bridgehead atoms. The van der Waals surface area contributed by atoms with Gasteiger partial charge in [0, 0.05) is 12.2 Å². The first kappa shape index (κ1) is 12.6. The summed E-state index contributed by atoms with van der Waals surface area (Å²) < 4.78 is 0.581. The molecule has 0 saturated heterocycles. The molecule has 0 fully saturated rings. The van der Waals surface area contributed by atoms with Crippen molar-refractivity contribution in [3.8, 4) is 0 Å². The number of hydrogen-bond donors (Lipinski definition) is 1. The molecule has 0 aliphatic carbocycles. The Bertz CT molecular complexity index is 409. The third-order valence-electron chi connectivity index (χ3n) is 1.99. The fourth-order valence-electron chi connectivity index (χ4n) is 1.26. The highest BCUT2D eigenvalue weighted by Crippen LogP contribution is 2.31. The summed E-state index contributed by atoms with van der Waals surface area (Å²) in [6, 6.07) is 0.0786. The average molecular weight is 286 g/mol. The second-order valence-corrected chi connectivity index (χ2v) is 4.20. The maximum absolute atomic E-state index is 10.8. The van der Waals surface area contributed by atoms with Gasteiger partial charge in [0.25, 0.3) is 0 Å². The van der Waals surface area contributed by atoms with E-state index in [0.717, 1.165) is 6.42 Å². The molecule has 1 rings (SSSR count). The number of hydrogen-bond acceptors (Lipinski definition) is 4. The van der Waals surface area contributed by atoms with Crippen molar-refractivity contribution in [1.82, 2.24) is 4.98 Å². The smallest absolute Gasteiger partial charge is 0.311 e. The highest BCUT2D eigenvalue weighted by Gasteiger charge is 2.18. The lowest BCUT2D eigenvalue weighted by Gasteiger charge is -2.14. The molecule has 0 aliphatic heterocycles. The third kappa shape index (κ3) is 3.03. The molecule has 1 aromatic heterocycles. The molecule has 0 saturated carbocycles. The van der Waals surface area contributed by atoms with E-state index >= 15 is 0 Å². The van der Waals surface area contributed by atoms with E-state index in [1.54, 1.807) is 6.08 Å². The van der Waals surface area contributed by atoms with Gasteiger partial charge in [-0.15, -0.1) is 6.58 Å².